The quantitative estimate of drug-likeness (QED) is 0.660. The van der Waals surface area contributed by atoms with Crippen LogP contribution in [-0.4, -0.2) is 21.4 Å². The molecule has 0 atom stereocenters. The molecule has 0 heterocycles. The fourth-order valence-electron chi connectivity index (χ4n) is 2.62. The summed E-state index contributed by atoms with van der Waals surface area (Å²) in [4.78, 5) is 12.6. The van der Waals surface area contributed by atoms with E-state index < -0.39 is 15.9 Å². The van der Waals surface area contributed by atoms with Crippen molar-refractivity contribution < 1.29 is 13.2 Å². The number of amides is 1. The van der Waals surface area contributed by atoms with Gasteiger partial charge in [0.1, 0.15) is 6.07 Å². The lowest BCUT2D eigenvalue weighted by atomic mass is 10.2. The van der Waals surface area contributed by atoms with Crippen molar-refractivity contribution in [2.75, 3.05) is 16.7 Å². The third-order valence-electron chi connectivity index (χ3n) is 4.22. The van der Waals surface area contributed by atoms with Crippen LogP contribution in [0.3, 0.4) is 0 Å². The van der Waals surface area contributed by atoms with Gasteiger partial charge < -0.3 is 5.32 Å². The van der Waals surface area contributed by atoms with Gasteiger partial charge in [0.15, 0.2) is 0 Å². The Hall–Kier alpha value is -3.34. The molecular weight excluding hydrogens is 410 g/mol. The molecule has 146 valence electrons. The van der Waals surface area contributed by atoms with Crippen molar-refractivity contribution in [3.8, 4) is 6.07 Å². The van der Waals surface area contributed by atoms with Crippen molar-refractivity contribution >= 4 is 38.9 Å². The van der Waals surface area contributed by atoms with E-state index in [-0.39, 0.29) is 21.0 Å². The lowest BCUT2D eigenvalue weighted by Gasteiger charge is -2.19. The van der Waals surface area contributed by atoms with Gasteiger partial charge in [-0.2, -0.15) is 5.26 Å². The third-order valence-corrected chi connectivity index (χ3v) is 6.33. The summed E-state index contributed by atoms with van der Waals surface area (Å²) in [5.74, 6) is -0.504. The fourth-order valence-corrected chi connectivity index (χ4v) is 4.03. The first-order chi connectivity index (χ1) is 13.8. The predicted octanol–water partition coefficient (Wildman–Crippen LogP) is 4.29. The van der Waals surface area contributed by atoms with E-state index >= 15 is 0 Å². The summed E-state index contributed by atoms with van der Waals surface area (Å²) >= 11 is 5.89. The second-order valence-corrected chi connectivity index (χ2v) is 8.47. The Balaban J connectivity index is 1.87. The van der Waals surface area contributed by atoms with Gasteiger partial charge in [-0.1, -0.05) is 35.9 Å². The summed E-state index contributed by atoms with van der Waals surface area (Å²) in [5, 5.41) is 12.0. The SMILES string of the molecule is CN(c1ccccc1)S(=O)(=O)c1cccc(C(=O)Nc2ccc(Cl)c(C#N)c2)c1. The maximum absolute atomic E-state index is 12.9. The Morgan fingerprint density at radius 2 is 1.76 bits per heavy atom. The molecule has 29 heavy (non-hydrogen) atoms. The highest BCUT2D eigenvalue weighted by atomic mass is 35.5. The van der Waals surface area contributed by atoms with Crippen molar-refractivity contribution in [3.05, 3.63) is 88.9 Å². The van der Waals surface area contributed by atoms with Gasteiger partial charge >= 0.3 is 0 Å². The molecule has 1 amide bonds. The number of nitrogens with zero attached hydrogens (tertiary/aromatic N) is 2. The van der Waals surface area contributed by atoms with Crippen LogP contribution in [-0.2, 0) is 10.0 Å². The summed E-state index contributed by atoms with van der Waals surface area (Å²) in [6.45, 7) is 0. The number of halogens is 1. The number of sulfonamides is 1. The summed E-state index contributed by atoms with van der Waals surface area (Å²) < 4.78 is 27.0. The van der Waals surface area contributed by atoms with Gasteiger partial charge in [-0.25, -0.2) is 8.42 Å². The van der Waals surface area contributed by atoms with E-state index in [1.165, 1.54) is 43.4 Å². The van der Waals surface area contributed by atoms with E-state index in [2.05, 4.69) is 5.32 Å². The molecule has 0 bridgehead atoms. The molecule has 3 aromatic rings. The summed E-state index contributed by atoms with van der Waals surface area (Å²) in [6, 6.07) is 20.9. The average Bonchev–Trinajstić information content (AvgIpc) is 2.75. The van der Waals surface area contributed by atoms with Crippen LogP contribution in [0, 0.1) is 11.3 Å². The predicted molar refractivity (Wildman–Crippen MR) is 113 cm³/mol. The Morgan fingerprint density at radius 3 is 2.45 bits per heavy atom. The molecule has 0 fully saturated rings. The standard InChI is InChI=1S/C21H16ClN3O3S/c1-25(18-7-3-2-4-8-18)29(27,28)19-9-5-6-15(13-19)21(26)24-17-10-11-20(22)16(12-17)14-23/h2-13H,1H3,(H,24,26). The number of anilines is 2. The Kier molecular flexibility index (Phi) is 5.87. The van der Waals surface area contributed by atoms with Crippen molar-refractivity contribution in [1.29, 1.82) is 5.26 Å². The Bertz CT molecular complexity index is 1210. The maximum atomic E-state index is 12.9. The summed E-state index contributed by atoms with van der Waals surface area (Å²) in [7, 11) is -2.39. The molecule has 8 heteroatoms. The van der Waals surface area contributed by atoms with Crippen LogP contribution in [0.4, 0.5) is 11.4 Å². The van der Waals surface area contributed by atoms with Crippen LogP contribution in [0.5, 0.6) is 0 Å². The van der Waals surface area contributed by atoms with Crippen LogP contribution in [0.15, 0.2) is 77.7 Å². The molecule has 0 aliphatic rings. The van der Waals surface area contributed by atoms with Crippen molar-refractivity contribution in [2.45, 2.75) is 4.90 Å². The van der Waals surface area contributed by atoms with E-state index in [0.29, 0.717) is 11.4 Å². The number of hydrogen-bond donors (Lipinski definition) is 1. The third kappa shape index (κ3) is 4.40. The monoisotopic (exact) mass is 425 g/mol. The number of para-hydroxylation sites is 1. The lowest BCUT2D eigenvalue weighted by molar-refractivity contribution is 0.102. The van der Waals surface area contributed by atoms with E-state index in [9.17, 15) is 13.2 Å². The minimum Gasteiger partial charge on any atom is -0.322 e. The van der Waals surface area contributed by atoms with Gasteiger partial charge in [0, 0.05) is 18.3 Å². The maximum Gasteiger partial charge on any atom is 0.264 e. The van der Waals surface area contributed by atoms with Crippen LogP contribution in [0.2, 0.25) is 5.02 Å². The smallest absolute Gasteiger partial charge is 0.264 e. The topological polar surface area (TPSA) is 90.3 Å². The molecule has 1 N–H and O–H groups in total. The number of nitrogens with one attached hydrogen (secondary N) is 1. The first-order valence-corrected chi connectivity index (χ1v) is 10.3. The van der Waals surface area contributed by atoms with Crippen LogP contribution >= 0.6 is 11.6 Å². The van der Waals surface area contributed by atoms with Crippen molar-refractivity contribution in [3.63, 3.8) is 0 Å². The molecule has 6 nitrogen and oxygen atoms in total. The Labute approximate surface area is 174 Å². The molecule has 0 unspecified atom stereocenters. The normalized spacial score (nSPS) is 10.8. The number of benzene rings is 3. The Morgan fingerprint density at radius 1 is 1.03 bits per heavy atom. The number of carbonyl (C=O) groups is 1. The largest absolute Gasteiger partial charge is 0.322 e. The molecular formula is C21H16ClN3O3S. The number of rotatable bonds is 5. The number of hydrogen-bond acceptors (Lipinski definition) is 4. The molecule has 3 aromatic carbocycles. The van der Waals surface area contributed by atoms with Gasteiger partial charge in [-0.15, -0.1) is 0 Å². The first-order valence-electron chi connectivity index (χ1n) is 8.48. The van der Waals surface area contributed by atoms with E-state index in [1.54, 1.807) is 36.4 Å². The molecule has 0 spiro atoms. The van der Waals surface area contributed by atoms with Gasteiger partial charge in [0.25, 0.3) is 15.9 Å². The highest BCUT2D eigenvalue weighted by Gasteiger charge is 2.22. The van der Waals surface area contributed by atoms with Crippen molar-refractivity contribution in [2.24, 2.45) is 0 Å². The zero-order chi connectivity index (χ0) is 21.0. The molecule has 3 rings (SSSR count). The van der Waals surface area contributed by atoms with E-state index in [1.807, 2.05) is 6.07 Å². The lowest BCUT2D eigenvalue weighted by Crippen LogP contribution is -2.26. The zero-order valence-electron chi connectivity index (χ0n) is 15.3. The fraction of sp³-hybridized carbons (Fsp3) is 0.0476. The van der Waals surface area contributed by atoms with E-state index in [0.717, 1.165) is 4.31 Å². The van der Waals surface area contributed by atoms with Crippen molar-refractivity contribution in [1.82, 2.24) is 0 Å². The second-order valence-electron chi connectivity index (χ2n) is 6.10. The molecule has 0 aliphatic heterocycles. The van der Waals surface area contributed by atoms with Crippen LogP contribution < -0.4 is 9.62 Å². The highest BCUT2D eigenvalue weighted by molar-refractivity contribution is 7.92. The van der Waals surface area contributed by atoms with Crippen LogP contribution in [0.1, 0.15) is 15.9 Å². The number of nitriles is 1. The van der Waals surface area contributed by atoms with Gasteiger partial charge in [-0.3, -0.25) is 9.10 Å². The minimum absolute atomic E-state index is 0.00896. The molecule has 0 saturated carbocycles. The van der Waals surface area contributed by atoms with E-state index in [4.69, 9.17) is 16.9 Å². The first kappa shape index (κ1) is 20.4. The molecule has 0 saturated heterocycles. The number of carbonyl (C=O) groups excluding carboxylic acids is 1. The molecule has 0 radical (unpaired) electrons. The molecule has 0 aromatic heterocycles. The van der Waals surface area contributed by atoms with Gasteiger partial charge in [0.05, 0.1) is 21.2 Å². The minimum atomic E-state index is -3.84. The summed E-state index contributed by atoms with van der Waals surface area (Å²) in [6.07, 6.45) is 0. The highest BCUT2D eigenvalue weighted by Crippen LogP contribution is 2.23. The summed E-state index contributed by atoms with van der Waals surface area (Å²) in [5.41, 5.74) is 1.28. The van der Waals surface area contributed by atoms with Gasteiger partial charge in [-0.05, 0) is 48.5 Å². The van der Waals surface area contributed by atoms with Gasteiger partial charge in [0.2, 0.25) is 0 Å². The average molecular weight is 426 g/mol. The second kappa shape index (κ2) is 8.35. The molecule has 0 aliphatic carbocycles. The zero-order valence-corrected chi connectivity index (χ0v) is 16.9. The van der Waals surface area contributed by atoms with Crippen LogP contribution in [0.25, 0.3) is 0 Å².